The standard InChI is InChI=1S/C16H22O5S/c1-11(2)22(19,20)15-9-8-12(3)10-13(15)14(17)6-5-7-16(18)21-4/h8-11H,5-7H2,1-4H3. The summed E-state index contributed by atoms with van der Waals surface area (Å²) >= 11 is 0. The van der Waals surface area contributed by atoms with Gasteiger partial charge in [0, 0.05) is 18.4 Å². The first-order valence-corrected chi connectivity index (χ1v) is 8.69. The SMILES string of the molecule is COC(=O)CCCC(=O)c1cc(C)ccc1S(=O)(=O)C(C)C. The molecule has 22 heavy (non-hydrogen) atoms. The first-order valence-electron chi connectivity index (χ1n) is 7.14. The van der Waals surface area contributed by atoms with E-state index < -0.39 is 15.1 Å². The summed E-state index contributed by atoms with van der Waals surface area (Å²) in [5.74, 6) is -0.654. The number of methoxy groups -OCH3 is 1. The van der Waals surface area contributed by atoms with Crippen molar-refractivity contribution < 1.29 is 22.7 Å². The van der Waals surface area contributed by atoms with Gasteiger partial charge in [-0.05, 0) is 39.3 Å². The number of ether oxygens (including phenoxy) is 1. The normalized spacial score (nSPS) is 11.5. The summed E-state index contributed by atoms with van der Waals surface area (Å²) in [6.07, 6.45) is 0.583. The molecule has 5 nitrogen and oxygen atoms in total. The van der Waals surface area contributed by atoms with Crippen LogP contribution >= 0.6 is 0 Å². The highest BCUT2D eigenvalue weighted by molar-refractivity contribution is 7.92. The summed E-state index contributed by atoms with van der Waals surface area (Å²) in [7, 11) is -2.24. The quantitative estimate of drug-likeness (QED) is 0.569. The number of hydrogen-bond acceptors (Lipinski definition) is 5. The number of sulfone groups is 1. The Morgan fingerprint density at radius 1 is 1.18 bits per heavy atom. The van der Waals surface area contributed by atoms with Gasteiger partial charge in [-0.1, -0.05) is 11.6 Å². The van der Waals surface area contributed by atoms with E-state index in [-0.39, 0.29) is 35.1 Å². The Bertz CT molecular complexity index is 659. The molecule has 1 aromatic rings. The Kier molecular flexibility index (Phi) is 6.29. The Labute approximate surface area is 131 Å². The second-order valence-corrected chi connectivity index (χ2v) is 7.92. The molecule has 0 saturated carbocycles. The fourth-order valence-electron chi connectivity index (χ4n) is 1.99. The molecule has 0 atom stereocenters. The van der Waals surface area contributed by atoms with Gasteiger partial charge < -0.3 is 4.74 Å². The third kappa shape index (κ3) is 4.40. The summed E-state index contributed by atoms with van der Waals surface area (Å²) in [6.45, 7) is 4.97. The van der Waals surface area contributed by atoms with Gasteiger partial charge in [-0.3, -0.25) is 9.59 Å². The first kappa shape index (κ1) is 18.4. The van der Waals surface area contributed by atoms with Crippen molar-refractivity contribution in [1.82, 2.24) is 0 Å². The Morgan fingerprint density at radius 3 is 2.36 bits per heavy atom. The van der Waals surface area contributed by atoms with Gasteiger partial charge in [-0.2, -0.15) is 0 Å². The van der Waals surface area contributed by atoms with Crippen LogP contribution in [0.2, 0.25) is 0 Å². The molecule has 6 heteroatoms. The predicted octanol–water partition coefficient (Wildman–Crippen LogP) is 2.70. The van der Waals surface area contributed by atoms with Gasteiger partial charge in [0.05, 0.1) is 17.3 Å². The molecule has 0 aliphatic carbocycles. The molecule has 1 rings (SSSR count). The largest absolute Gasteiger partial charge is 0.469 e. The number of carbonyl (C=O) groups excluding carboxylic acids is 2. The van der Waals surface area contributed by atoms with Gasteiger partial charge in [-0.25, -0.2) is 8.42 Å². The lowest BCUT2D eigenvalue weighted by atomic mass is 10.0. The van der Waals surface area contributed by atoms with Crippen LogP contribution in [0.3, 0.4) is 0 Å². The zero-order valence-electron chi connectivity index (χ0n) is 13.4. The van der Waals surface area contributed by atoms with Crippen LogP contribution in [0.5, 0.6) is 0 Å². The van der Waals surface area contributed by atoms with E-state index in [0.717, 1.165) is 5.56 Å². The van der Waals surface area contributed by atoms with Gasteiger partial charge >= 0.3 is 5.97 Å². The van der Waals surface area contributed by atoms with E-state index in [1.54, 1.807) is 32.9 Å². The molecule has 0 heterocycles. The number of carbonyl (C=O) groups is 2. The maximum absolute atomic E-state index is 12.4. The minimum absolute atomic E-state index is 0.0659. The molecule has 0 saturated heterocycles. The summed E-state index contributed by atoms with van der Waals surface area (Å²) in [6, 6.07) is 4.76. The topological polar surface area (TPSA) is 77.5 Å². The number of Topliss-reactive ketones (excluding diaryl/α,β-unsaturated/α-hetero) is 1. The third-order valence-electron chi connectivity index (χ3n) is 3.38. The number of hydrogen-bond donors (Lipinski definition) is 0. The van der Waals surface area contributed by atoms with Crippen molar-refractivity contribution in [3.8, 4) is 0 Å². The lowest BCUT2D eigenvalue weighted by Gasteiger charge is -2.13. The second kappa shape index (κ2) is 7.54. The third-order valence-corrected chi connectivity index (χ3v) is 5.59. The molecule has 0 fully saturated rings. The van der Waals surface area contributed by atoms with Crippen molar-refractivity contribution in [3.05, 3.63) is 29.3 Å². The van der Waals surface area contributed by atoms with Crippen LogP contribution in [0.1, 0.15) is 49.0 Å². The van der Waals surface area contributed by atoms with Crippen LogP contribution in [-0.2, 0) is 19.4 Å². The maximum Gasteiger partial charge on any atom is 0.305 e. The van der Waals surface area contributed by atoms with Crippen LogP contribution in [0.15, 0.2) is 23.1 Å². The summed E-state index contributed by atoms with van der Waals surface area (Å²) in [5.41, 5.74) is 1.03. The van der Waals surface area contributed by atoms with Gasteiger partial charge in [-0.15, -0.1) is 0 Å². The Balaban J connectivity index is 3.05. The van der Waals surface area contributed by atoms with Crippen molar-refractivity contribution in [3.63, 3.8) is 0 Å². The molecule has 0 unspecified atom stereocenters. The lowest BCUT2D eigenvalue weighted by molar-refractivity contribution is -0.140. The maximum atomic E-state index is 12.4. The van der Waals surface area contributed by atoms with Gasteiger partial charge in [0.1, 0.15) is 0 Å². The van der Waals surface area contributed by atoms with Gasteiger partial charge in [0.25, 0.3) is 0 Å². The number of esters is 1. The van der Waals surface area contributed by atoms with E-state index in [1.807, 2.05) is 0 Å². The minimum atomic E-state index is -3.53. The molecule has 0 bridgehead atoms. The molecule has 0 aliphatic heterocycles. The van der Waals surface area contributed by atoms with E-state index in [1.165, 1.54) is 13.2 Å². The summed E-state index contributed by atoms with van der Waals surface area (Å²) in [4.78, 5) is 23.5. The predicted molar refractivity (Wildman–Crippen MR) is 83.7 cm³/mol. The summed E-state index contributed by atoms with van der Waals surface area (Å²) in [5, 5.41) is -0.600. The van der Waals surface area contributed by atoms with Gasteiger partial charge in [0.15, 0.2) is 15.6 Å². The molecular weight excluding hydrogens is 304 g/mol. The fraction of sp³-hybridized carbons (Fsp3) is 0.500. The lowest BCUT2D eigenvalue weighted by Crippen LogP contribution is -2.18. The van der Waals surface area contributed by atoms with Crippen LogP contribution in [0.25, 0.3) is 0 Å². The van der Waals surface area contributed by atoms with Gasteiger partial charge in [0.2, 0.25) is 0 Å². The first-order chi connectivity index (χ1) is 10.2. The Hall–Kier alpha value is -1.69. The number of ketones is 1. The van der Waals surface area contributed by atoms with Crippen molar-refractivity contribution in [2.24, 2.45) is 0 Å². The molecule has 0 spiro atoms. The fourth-order valence-corrected chi connectivity index (χ4v) is 3.24. The van der Waals surface area contributed by atoms with Crippen molar-refractivity contribution in [1.29, 1.82) is 0 Å². The molecule has 0 aromatic heterocycles. The van der Waals surface area contributed by atoms with E-state index >= 15 is 0 Å². The highest BCUT2D eigenvalue weighted by atomic mass is 32.2. The molecule has 0 N–H and O–H groups in total. The van der Waals surface area contributed by atoms with Crippen LogP contribution in [0, 0.1) is 6.92 Å². The molecule has 0 radical (unpaired) electrons. The number of rotatable bonds is 7. The summed E-state index contributed by atoms with van der Waals surface area (Å²) < 4.78 is 29.3. The average molecular weight is 326 g/mol. The Morgan fingerprint density at radius 2 is 1.82 bits per heavy atom. The van der Waals surface area contributed by atoms with Crippen LogP contribution in [0.4, 0.5) is 0 Å². The van der Waals surface area contributed by atoms with E-state index in [2.05, 4.69) is 4.74 Å². The highest BCUT2D eigenvalue weighted by Crippen LogP contribution is 2.23. The van der Waals surface area contributed by atoms with Crippen molar-refractivity contribution >= 4 is 21.6 Å². The van der Waals surface area contributed by atoms with Crippen molar-refractivity contribution in [2.75, 3.05) is 7.11 Å². The average Bonchev–Trinajstić information content (AvgIpc) is 2.46. The van der Waals surface area contributed by atoms with E-state index in [9.17, 15) is 18.0 Å². The molecule has 1 aromatic carbocycles. The minimum Gasteiger partial charge on any atom is -0.469 e. The van der Waals surface area contributed by atoms with E-state index in [0.29, 0.717) is 6.42 Å². The monoisotopic (exact) mass is 326 g/mol. The van der Waals surface area contributed by atoms with Crippen LogP contribution in [-0.4, -0.2) is 32.5 Å². The molecule has 0 aliphatic rings. The molecule has 122 valence electrons. The molecule has 0 amide bonds. The highest BCUT2D eigenvalue weighted by Gasteiger charge is 2.25. The molecular formula is C16H22O5S. The zero-order valence-corrected chi connectivity index (χ0v) is 14.2. The smallest absolute Gasteiger partial charge is 0.305 e. The number of benzene rings is 1. The van der Waals surface area contributed by atoms with E-state index in [4.69, 9.17) is 0 Å². The zero-order chi connectivity index (χ0) is 16.9. The number of aryl methyl sites for hydroxylation is 1. The van der Waals surface area contributed by atoms with Crippen molar-refractivity contribution in [2.45, 2.75) is 50.2 Å². The second-order valence-electron chi connectivity index (χ2n) is 5.45. The van der Waals surface area contributed by atoms with Crippen LogP contribution < -0.4 is 0 Å².